The maximum Gasteiger partial charge on any atom is 0.326 e. The molecule has 0 aromatic rings. The summed E-state index contributed by atoms with van der Waals surface area (Å²) >= 11 is 0. The van der Waals surface area contributed by atoms with E-state index in [-0.39, 0.29) is 11.8 Å². The summed E-state index contributed by atoms with van der Waals surface area (Å²) in [5, 5.41) is 11.7. The molecule has 4 nitrogen and oxygen atoms in total. The number of carbonyl (C=O) groups is 2. The lowest BCUT2D eigenvalue weighted by Gasteiger charge is -2.15. The number of nitrogens with one attached hydrogen (secondary N) is 1. The molecule has 19 heavy (non-hydrogen) atoms. The Morgan fingerprint density at radius 2 is 1.84 bits per heavy atom. The number of carboxylic acid groups (broad SMARTS) is 1. The molecule has 1 atom stereocenters. The van der Waals surface area contributed by atoms with Crippen LogP contribution in [-0.2, 0) is 9.59 Å². The molecular weight excluding hydrogens is 242 g/mol. The second-order valence-electron chi connectivity index (χ2n) is 5.34. The average molecular weight is 269 g/mol. The van der Waals surface area contributed by atoms with Gasteiger partial charge in [0.15, 0.2) is 0 Å². The highest BCUT2D eigenvalue weighted by atomic mass is 16.4. The predicted molar refractivity (Wildman–Crippen MR) is 76.9 cm³/mol. The highest BCUT2D eigenvalue weighted by Crippen LogP contribution is 2.09. The Morgan fingerprint density at radius 1 is 1.21 bits per heavy atom. The van der Waals surface area contributed by atoms with Gasteiger partial charge in [-0.15, -0.1) is 6.58 Å². The Hall–Kier alpha value is -1.32. The Kier molecular flexibility index (Phi) is 9.85. The van der Waals surface area contributed by atoms with E-state index in [4.69, 9.17) is 5.11 Å². The van der Waals surface area contributed by atoms with Gasteiger partial charge in [-0.1, -0.05) is 39.2 Å². The van der Waals surface area contributed by atoms with Gasteiger partial charge in [-0.2, -0.15) is 0 Å². The van der Waals surface area contributed by atoms with Crippen LogP contribution < -0.4 is 5.32 Å². The number of hydrogen-bond acceptors (Lipinski definition) is 2. The molecule has 0 radical (unpaired) electrons. The SMILES string of the molecule is C=CCCCCCC[C@@H](NC(=O)CC(C)C)C(=O)O. The third-order valence-electron chi connectivity index (χ3n) is 2.88. The van der Waals surface area contributed by atoms with Crippen molar-refractivity contribution in [2.45, 2.75) is 64.8 Å². The van der Waals surface area contributed by atoms with Crippen molar-refractivity contribution >= 4 is 11.9 Å². The van der Waals surface area contributed by atoms with E-state index in [2.05, 4.69) is 11.9 Å². The molecule has 0 rings (SSSR count). The quantitative estimate of drug-likeness (QED) is 0.447. The Morgan fingerprint density at radius 3 is 2.37 bits per heavy atom. The van der Waals surface area contributed by atoms with Crippen LogP contribution in [0.2, 0.25) is 0 Å². The molecule has 0 aliphatic carbocycles. The number of rotatable bonds is 11. The highest BCUT2D eigenvalue weighted by molar-refractivity contribution is 5.83. The summed E-state index contributed by atoms with van der Waals surface area (Å²) in [6, 6.07) is -0.745. The van der Waals surface area contributed by atoms with Crippen LogP contribution in [0.5, 0.6) is 0 Å². The molecule has 0 aliphatic rings. The molecule has 0 bridgehead atoms. The van der Waals surface area contributed by atoms with Crippen LogP contribution in [0.4, 0.5) is 0 Å². The number of carbonyl (C=O) groups excluding carboxylic acids is 1. The lowest BCUT2D eigenvalue weighted by molar-refractivity contribution is -0.142. The van der Waals surface area contributed by atoms with Gasteiger partial charge >= 0.3 is 5.97 Å². The first-order valence-corrected chi connectivity index (χ1v) is 7.10. The summed E-state index contributed by atoms with van der Waals surface area (Å²) in [6.07, 6.45) is 7.79. The van der Waals surface area contributed by atoms with Crippen molar-refractivity contribution in [3.05, 3.63) is 12.7 Å². The van der Waals surface area contributed by atoms with Gasteiger partial charge in [-0.3, -0.25) is 4.79 Å². The molecule has 0 saturated carbocycles. The van der Waals surface area contributed by atoms with Crippen molar-refractivity contribution in [2.24, 2.45) is 5.92 Å². The molecule has 4 heteroatoms. The fraction of sp³-hybridized carbons (Fsp3) is 0.733. The zero-order chi connectivity index (χ0) is 14.7. The van der Waals surface area contributed by atoms with Crippen molar-refractivity contribution < 1.29 is 14.7 Å². The number of carboxylic acids is 1. The maximum absolute atomic E-state index is 11.6. The van der Waals surface area contributed by atoms with Crippen molar-refractivity contribution in [1.29, 1.82) is 0 Å². The Labute approximate surface area is 116 Å². The van der Waals surface area contributed by atoms with Crippen molar-refractivity contribution in [2.75, 3.05) is 0 Å². The second kappa shape index (κ2) is 10.6. The van der Waals surface area contributed by atoms with Gasteiger partial charge in [-0.05, 0) is 25.2 Å². The molecule has 110 valence electrons. The number of aliphatic carboxylic acids is 1. The van der Waals surface area contributed by atoms with Crippen LogP contribution in [0.1, 0.15) is 58.8 Å². The van der Waals surface area contributed by atoms with Crippen molar-refractivity contribution in [3.8, 4) is 0 Å². The third kappa shape index (κ3) is 10.3. The summed E-state index contributed by atoms with van der Waals surface area (Å²) in [6.45, 7) is 7.54. The fourth-order valence-electron chi connectivity index (χ4n) is 1.87. The first-order chi connectivity index (χ1) is 8.97. The van der Waals surface area contributed by atoms with Gasteiger partial charge in [0.2, 0.25) is 5.91 Å². The molecule has 0 aliphatic heterocycles. The minimum atomic E-state index is -0.941. The summed E-state index contributed by atoms with van der Waals surface area (Å²) in [5.74, 6) is -0.870. The fourth-order valence-corrected chi connectivity index (χ4v) is 1.87. The standard InChI is InChI=1S/C15H27NO3/c1-4-5-6-7-8-9-10-13(15(18)19)16-14(17)11-12(2)3/h4,12-13H,1,5-11H2,2-3H3,(H,16,17)(H,18,19)/t13-/m1/s1. The third-order valence-corrected chi connectivity index (χ3v) is 2.88. The van der Waals surface area contributed by atoms with Gasteiger partial charge in [0, 0.05) is 6.42 Å². The van der Waals surface area contributed by atoms with E-state index in [1.54, 1.807) is 0 Å². The number of unbranched alkanes of at least 4 members (excludes halogenated alkanes) is 4. The minimum Gasteiger partial charge on any atom is -0.480 e. The van der Waals surface area contributed by atoms with Crippen LogP contribution in [0.25, 0.3) is 0 Å². The molecule has 0 spiro atoms. The molecule has 0 saturated heterocycles. The van der Waals surface area contributed by atoms with E-state index in [1.807, 2.05) is 19.9 Å². The highest BCUT2D eigenvalue weighted by Gasteiger charge is 2.19. The van der Waals surface area contributed by atoms with Crippen LogP contribution in [0.3, 0.4) is 0 Å². The first-order valence-electron chi connectivity index (χ1n) is 7.10. The van der Waals surface area contributed by atoms with Gasteiger partial charge in [0.25, 0.3) is 0 Å². The Balaban J connectivity index is 3.89. The number of allylic oxidation sites excluding steroid dienone is 1. The van der Waals surface area contributed by atoms with E-state index in [1.165, 1.54) is 0 Å². The molecule has 0 unspecified atom stereocenters. The largest absolute Gasteiger partial charge is 0.480 e. The Bertz CT molecular complexity index is 287. The maximum atomic E-state index is 11.6. The lowest BCUT2D eigenvalue weighted by atomic mass is 10.1. The number of amides is 1. The van der Waals surface area contributed by atoms with E-state index in [9.17, 15) is 9.59 Å². The van der Waals surface area contributed by atoms with Gasteiger partial charge in [-0.25, -0.2) is 4.79 Å². The first kappa shape index (κ1) is 17.7. The topological polar surface area (TPSA) is 66.4 Å². The monoisotopic (exact) mass is 269 g/mol. The normalized spacial score (nSPS) is 12.2. The molecule has 0 aromatic heterocycles. The van der Waals surface area contributed by atoms with E-state index >= 15 is 0 Å². The number of hydrogen-bond donors (Lipinski definition) is 2. The van der Waals surface area contributed by atoms with Crippen LogP contribution in [-0.4, -0.2) is 23.0 Å². The summed E-state index contributed by atoms with van der Waals surface area (Å²) in [7, 11) is 0. The summed E-state index contributed by atoms with van der Waals surface area (Å²) in [5.41, 5.74) is 0. The molecule has 1 amide bonds. The molecule has 2 N–H and O–H groups in total. The van der Waals surface area contributed by atoms with E-state index in [0.29, 0.717) is 12.8 Å². The summed E-state index contributed by atoms with van der Waals surface area (Å²) < 4.78 is 0. The molecular formula is C15H27NO3. The van der Waals surface area contributed by atoms with Crippen LogP contribution >= 0.6 is 0 Å². The zero-order valence-electron chi connectivity index (χ0n) is 12.2. The molecule has 0 heterocycles. The smallest absolute Gasteiger partial charge is 0.326 e. The van der Waals surface area contributed by atoms with Crippen molar-refractivity contribution in [3.63, 3.8) is 0 Å². The van der Waals surface area contributed by atoms with Gasteiger partial charge in [0.05, 0.1) is 0 Å². The zero-order valence-corrected chi connectivity index (χ0v) is 12.2. The van der Waals surface area contributed by atoms with Gasteiger partial charge < -0.3 is 10.4 Å². The second-order valence-corrected chi connectivity index (χ2v) is 5.34. The molecule has 0 aromatic carbocycles. The van der Waals surface area contributed by atoms with Crippen LogP contribution in [0, 0.1) is 5.92 Å². The lowest BCUT2D eigenvalue weighted by Crippen LogP contribution is -2.41. The summed E-state index contributed by atoms with van der Waals surface area (Å²) in [4.78, 5) is 22.6. The molecule has 0 fully saturated rings. The van der Waals surface area contributed by atoms with Crippen LogP contribution in [0.15, 0.2) is 12.7 Å². The van der Waals surface area contributed by atoms with E-state index in [0.717, 1.165) is 32.1 Å². The van der Waals surface area contributed by atoms with Gasteiger partial charge in [0.1, 0.15) is 6.04 Å². The minimum absolute atomic E-state index is 0.172. The average Bonchev–Trinajstić information content (AvgIpc) is 2.30. The predicted octanol–water partition coefficient (Wildman–Crippen LogP) is 3.13. The van der Waals surface area contributed by atoms with Crippen molar-refractivity contribution in [1.82, 2.24) is 5.32 Å². The van der Waals surface area contributed by atoms with E-state index < -0.39 is 12.0 Å².